The van der Waals surface area contributed by atoms with Gasteiger partial charge in [-0.3, -0.25) is 9.59 Å². The summed E-state index contributed by atoms with van der Waals surface area (Å²) in [5.41, 5.74) is 3.73. The number of carbonyl (C=O) groups excluding carboxylic acids is 2. The highest BCUT2D eigenvalue weighted by Gasteiger charge is 2.31. The van der Waals surface area contributed by atoms with E-state index in [1.54, 1.807) is 4.90 Å². The monoisotopic (exact) mass is 396 g/mol. The Kier molecular flexibility index (Phi) is 6.72. The maximum absolute atomic E-state index is 12.9. The first kappa shape index (κ1) is 21.1. The van der Waals surface area contributed by atoms with E-state index in [0.717, 1.165) is 48.4 Å². The fraction of sp³-hybridized carbons (Fsp3) is 0.522. The summed E-state index contributed by atoms with van der Waals surface area (Å²) in [6.45, 7) is 8.89. The Labute approximate surface area is 173 Å². The summed E-state index contributed by atoms with van der Waals surface area (Å²) in [6, 6.07) is 9.32. The summed E-state index contributed by atoms with van der Waals surface area (Å²) in [4.78, 5) is 27.3. The van der Waals surface area contributed by atoms with Crippen LogP contribution in [-0.2, 0) is 9.59 Å². The molecule has 0 spiro atoms. The fourth-order valence-electron chi connectivity index (χ4n) is 3.86. The molecule has 3 rings (SSSR count). The van der Waals surface area contributed by atoms with Crippen molar-refractivity contribution in [2.75, 3.05) is 11.9 Å². The SMILES string of the molecule is Cc1cc(C)n(-c2ccc(NC(=O)[C@H]3CCCCN3C(=O)CCC(C)C)cc2)n1. The van der Waals surface area contributed by atoms with E-state index >= 15 is 0 Å². The lowest BCUT2D eigenvalue weighted by atomic mass is 9.99. The highest BCUT2D eigenvalue weighted by atomic mass is 16.2. The number of aryl methyl sites for hydroxylation is 2. The van der Waals surface area contributed by atoms with Crippen LogP contribution in [0.15, 0.2) is 30.3 Å². The molecule has 0 radical (unpaired) electrons. The van der Waals surface area contributed by atoms with Crippen LogP contribution in [0.2, 0.25) is 0 Å². The Morgan fingerprint density at radius 2 is 1.90 bits per heavy atom. The highest BCUT2D eigenvalue weighted by molar-refractivity contribution is 5.97. The molecule has 6 nitrogen and oxygen atoms in total. The van der Waals surface area contributed by atoms with Crippen molar-refractivity contribution >= 4 is 17.5 Å². The molecule has 1 aromatic carbocycles. The number of nitrogens with zero attached hydrogens (tertiary/aromatic N) is 3. The molecule has 1 aliphatic heterocycles. The maximum atomic E-state index is 12.9. The molecule has 0 bridgehead atoms. The van der Waals surface area contributed by atoms with Gasteiger partial charge in [-0.25, -0.2) is 4.68 Å². The van der Waals surface area contributed by atoms with Crippen molar-refractivity contribution in [3.8, 4) is 5.69 Å². The minimum Gasteiger partial charge on any atom is -0.331 e. The topological polar surface area (TPSA) is 67.2 Å². The molecule has 1 aromatic heterocycles. The van der Waals surface area contributed by atoms with Gasteiger partial charge in [-0.2, -0.15) is 5.10 Å². The van der Waals surface area contributed by atoms with Gasteiger partial charge in [0, 0.05) is 24.3 Å². The average molecular weight is 397 g/mol. The van der Waals surface area contributed by atoms with Crippen LogP contribution in [0.1, 0.15) is 57.3 Å². The van der Waals surface area contributed by atoms with Crippen molar-refractivity contribution in [2.45, 2.75) is 65.8 Å². The van der Waals surface area contributed by atoms with Gasteiger partial charge >= 0.3 is 0 Å². The Balaban J connectivity index is 1.66. The first-order valence-corrected chi connectivity index (χ1v) is 10.6. The first-order chi connectivity index (χ1) is 13.8. The van der Waals surface area contributed by atoms with Gasteiger partial charge in [0.15, 0.2) is 0 Å². The molecule has 2 amide bonds. The summed E-state index contributed by atoms with van der Waals surface area (Å²) in [5.74, 6) is 0.483. The number of amides is 2. The molecule has 2 heterocycles. The minimum atomic E-state index is -0.376. The van der Waals surface area contributed by atoms with Crippen LogP contribution in [0.4, 0.5) is 5.69 Å². The smallest absolute Gasteiger partial charge is 0.247 e. The molecule has 1 N–H and O–H groups in total. The Hall–Kier alpha value is -2.63. The van der Waals surface area contributed by atoms with E-state index in [2.05, 4.69) is 24.3 Å². The van der Waals surface area contributed by atoms with E-state index < -0.39 is 0 Å². The van der Waals surface area contributed by atoms with Gasteiger partial charge in [-0.15, -0.1) is 0 Å². The van der Waals surface area contributed by atoms with E-state index in [0.29, 0.717) is 18.9 Å². The summed E-state index contributed by atoms with van der Waals surface area (Å²) in [6.07, 6.45) is 4.04. The Morgan fingerprint density at radius 3 is 2.52 bits per heavy atom. The van der Waals surface area contributed by atoms with Crippen molar-refractivity contribution < 1.29 is 9.59 Å². The number of nitrogens with one attached hydrogen (secondary N) is 1. The van der Waals surface area contributed by atoms with Crippen LogP contribution in [0.3, 0.4) is 0 Å². The zero-order chi connectivity index (χ0) is 21.0. The zero-order valence-corrected chi connectivity index (χ0v) is 17.9. The van der Waals surface area contributed by atoms with Crippen LogP contribution in [0.5, 0.6) is 0 Å². The summed E-state index contributed by atoms with van der Waals surface area (Å²) in [7, 11) is 0. The molecule has 2 aromatic rings. The number of likely N-dealkylation sites (tertiary alicyclic amines) is 1. The molecule has 0 unspecified atom stereocenters. The molecule has 156 valence electrons. The second-order valence-electron chi connectivity index (χ2n) is 8.41. The number of rotatable bonds is 6. The predicted molar refractivity (Wildman–Crippen MR) is 115 cm³/mol. The van der Waals surface area contributed by atoms with Gasteiger partial charge in [-0.1, -0.05) is 13.8 Å². The summed E-state index contributed by atoms with van der Waals surface area (Å²) >= 11 is 0. The molecule has 1 fully saturated rings. The quantitative estimate of drug-likeness (QED) is 0.794. The second kappa shape index (κ2) is 9.25. The van der Waals surface area contributed by atoms with E-state index in [1.807, 2.05) is 48.9 Å². The molecule has 0 aliphatic carbocycles. The molecule has 6 heteroatoms. The lowest BCUT2D eigenvalue weighted by molar-refractivity contribution is -0.140. The number of carbonyl (C=O) groups is 2. The van der Waals surface area contributed by atoms with Gasteiger partial charge in [0.25, 0.3) is 0 Å². The third-order valence-corrected chi connectivity index (χ3v) is 5.45. The molecule has 1 aliphatic rings. The predicted octanol–water partition coefficient (Wildman–Crippen LogP) is 4.24. The molecule has 1 saturated heterocycles. The van der Waals surface area contributed by atoms with Crippen molar-refractivity contribution in [3.63, 3.8) is 0 Å². The lowest BCUT2D eigenvalue weighted by Gasteiger charge is -2.35. The van der Waals surface area contributed by atoms with Crippen LogP contribution in [0.25, 0.3) is 5.69 Å². The van der Waals surface area contributed by atoms with Gasteiger partial charge in [0.1, 0.15) is 6.04 Å². The molecular weight excluding hydrogens is 364 g/mol. The first-order valence-electron chi connectivity index (χ1n) is 10.6. The number of hydrogen-bond acceptors (Lipinski definition) is 3. The average Bonchev–Trinajstić information content (AvgIpc) is 3.04. The van der Waals surface area contributed by atoms with Crippen molar-refractivity contribution in [3.05, 3.63) is 41.7 Å². The third kappa shape index (κ3) is 5.25. The Bertz CT molecular complexity index is 854. The maximum Gasteiger partial charge on any atom is 0.247 e. The van der Waals surface area contributed by atoms with Crippen molar-refractivity contribution in [2.24, 2.45) is 5.92 Å². The second-order valence-corrected chi connectivity index (χ2v) is 8.41. The van der Waals surface area contributed by atoms with Gasteiger partial charge in [0.2, 0.25) is 11.8 Å². The minimum absolute atomic E-state index is 0.0958. The van der Waals surface area contributed by atoms with Crippen molar-refractivity contribution in [1.29, 1.82) is 0 Å². The largest absolute Gasteiger partial charge is 0.331 e. The van der Waals surface area contributed by atoms with E-state index in [-0.39, 0.29) is 17.9 Å². The highest BCUT2D eigenvalue weighted by Crippen LogP contribution is 2.22. The lowest BCUT2D eigenvalue weighted by Crippen LogP contribution is -2.50. The number of piperidine rings is 1. The number of hydrogen-bond donors (Lipinski definition) is 1. The van der Waals surface area contributed by atoms with Crippen LogP contribution in [-0.4, -0.2) is 39.1 Å². The molecule has 0 saturated carbocycles. The van der Waals surface area contributed by atoms with Crippen LogP contribution in [0, 0.1) is 19.8 Å². The summed E-state index contributed by atoms with van der Waals surface area (Å²) in [5, 5.41) is 7.49. The number of aromatic nitrogens is 2. The normalized spacial score (nSPS) is 16.9. The van der Waals surface area contributed by atoms with Crippen LogP contribution < -0.4 is 5.32 Å². The van der Waals surface area contributed by atoms with Crippen LogP contribution >= 0.6 is 0 Å². The zero-order valence-electron chi connectivity index (χ0n) is 17.9. The van der Waals surface area contributed by atoms with E-state index in [4.69, 9.17) is 0 Å². The third-order valence-electron chi connectivity index (χ3n) is 5.45. The summed E-state index contributed by atoms with van der Waals surface area (Å²) < 4.78 is 1.89. The van der Waals surface area contributed by atoms with Gasteiger partial charge < -0.3 is 10.2 Å². The van der Waals surface area contributed by atoms with Gasteiger partial charge in [0.05, 0.1) is 11.4 Å². The fourth-order valence-corrected chi connectivity index (χ4v) is 3.86. The van der Waals surface area contributed by atoms with E-state index in [9.17, 15) is 9.59 Å². The number of anilines is 1. The Morgan fingerprint density at radius 1 is 1.17 bits per heavy atom. The molecule has 1 atom stereocenters. The van der Waals surface area contributed by atoms with Crippen molar-refractivity contribution in [1.82, 2.24) is 14.7 Å². The number of benzene rings is 1. The molecule has 29 heavy (non-hydrogen) atoms. The van der Waals surface area contributed by atoms with Gasteiger partial charge in [-0.05, 0) is 75.8 Å². The standard InChI is InChI=1S/C23H32N4O2/c1-16(2)8-13-22(28)26-14-6-5-7-21(26)23(29)24-19-9-11-20(12-10-19)27-18(4)15-17(3)25-27/h9-12,15-16,21H,5-8,13-14H2,1-4H3,(H,24,29)/t21-/m1/s1. The molecular formula is C23H32N4O2. The van der Waals surface area contributed by atoms with E-state index in [1.165, 1.54) is 0 Å².